The zero-order valence-corrected chi connectivity index (χ0v) is 14.6. The van der Waals surface area contributed by atoms with Crippen LogP contribution < -0.4 is 14.8 Å². The van der Waals surface area contributed by atoms with E-state index in [1.807, 2.05) is 31.2 Å². The van der Waals surface area contributed by atoms with Crippen LogP contribution in [0.15, 0.2) is 54.6 Å². The maximum atomic E-state index is 12.3. The maximum absolute atomic E-state index is 12.3. The Hall–Kier alpha value is -2.89. The summed E-state index contributed by atoms with van der Waals surface area (Å²) in [7, 11) is 0. The number of benzene rings is 2. The van der Waals surface area contributed by atoms with Gasteiger partial charge in [0, 0.05) is 11.6 Å². The first-order chi connectivity index (χ1) is 12.5. The van der Waals surface area contributed by atoms with Gasteiger partial charge < -0.3 is 14.8 Å². The fourth-order valence-electron chi connectivity index (χ4n) is 2.38. The molecule has 2 rings (SSSR count). The highest BCUT2D eigenvalue weighted by Crippen LogP contribution is 2.21. The van der Waals surface area contributed by atoms with E-state index in [1.54, 1.807) is 25.1 Å². The minimum Gasteiger partial charge on any atom is -0.493 e. The van der Waals surface area contributed by atoms with E-state index in [4.69, 9.17) is 4.74 Å². The van der Waals surface area contributed by atoms with E-state index < -0.39 is 6.61 Å². The molecule has 6 heteroatoms. The van der Waals surface area contributed by atoms with Gasteiger partial charge in [-0.05, 0) is 43.7 Å². The van der Waals surface area contributed by atoms with Gasteiger partial charge in [0.05, 0.1) is 12.6 Å². The lowest BCUT2D eigenvalue weighted by Crippen LogP contribution is -2.24. The number of hydrogen-bond acceptors (Lipinski definition) is 3. The van der Waals surface area contributed by atoms with Crippen LogP contribution in [-0.4, -0.2) is 19.1 Å². The quantitative estimate of drug-likeness (QED) is 0.700. The van der Waals surface area contributed by atoms with Crippen molar-refractivity contribution in [3.05, 3.63) is 65.7 Å². The molecule has 0 aliphatic heterocycles. The third-order valence-corrected chi connectivity index (χ3v) is 3.58. The predicted molar refractivity (Wildman–Crippen MR) is 96.3 cm³/mol. The van der Waals surface area contributed by atoms with Gasteiger partial charge in [-0.1, -0.05) is 30.3 Å². The molecule has 1 atom stereocenters. The Kier molecular flexibility index (Phi) is 7.14. The van der Waals surface area contributed by atoms with Gasteiger partial charge in [-0.15, -0.1) is 0 Å². The van der Waals surface area contributed by atoms with E-state index in [-0.39, 0.29) is 17.7 Å². The largest absolute Gasteiger partial charge is 0.493 e. The molecule has 2 aromatic carbocycles. The van der Waals surface area contributed by atoms with Crippen LogP contribution in [0, 0.1) is 0 Å². The first-order valence-electron chi connectivity index (χ1n) is 8.24. The molecule has 0 bridgehead atoms. The van der Waals surface area contributed by atoms with Crippen molar-refractivity contribution in [2.75, 3.05) is 6.61 Å². The number of halogens is 2. The molecule has 0 saturated carbocycles. The summed E-state index contributed by atoms with van der Waals surface area (Å²) in [5, 5.41) is 2.79. The van der Waals surface area contributed by atoms with Gasteiger partial charge in [0.1, 0.15) is 11.5 Å². The lowest BCUT2D eigenvalue weighted by Gasteiger charge is -2.14. The monoisotopic (exact) mass is 361 g/mol. The predicted octanol–water partition coefficient (Wildman–Crippen LogP) is 4.58. The highest BCUT2D eigenvalue weighted by atomic mass is 19.3. The Morgan fingerprint density at radius 1 is 1.19 bits per heavy atom. The number of amides is 1. The Balaban J connectivity index is 2.01. The SMILES string of the molecule is CCOc1ccccc1/C=C/C(=O)NC(C)c1cccc(OC(F)F)c1. The van der Waals surface area contributed by atoms with E-state index in [9.17, 15) is 13.6 Å². The van der Waals surface area contributed by atoms with Crippen LogP contribution in [0.1, 0.15) is 31.0 Å². The summed E-state index contributed by atoms with van der Waals surface area (Å²) in [5.41, 5.74) is 1.46. The summed E-state index contributed by atoms with van der Waals surface area (Å²) in [6, 6.07) is 13.3. The smallest absolute Gasteiger partial charge is 0.387 e. The van der Waals surface area contributed by atoms with E-state index in [2.05, 4.69) is 10.1 Å². The Morgan fingerprint density at radius 2 is 1.96 bits per heavy atom. The minimum atomic E-state index is -2.89. The second-order valence-electron chi connectivity index (χ2n) is 5.49. The Morgan fingerprint density at radius 3 is 2.69 bits per heavy atom. The second kappa shape index (κ2) is 9.56. The highest BCUT2D eigenvalue weighted by molar-refractivity contribution is 5.92. The number of para-hydroxylation sites is 1. The summed E-state index contributed by atoms with van der Waals surface area (Å²) >= 11 is 0. The fraction of sp³-hybridized carbons (Fsp3) is 0.250. The van der Waals surface area contributed by atoms with Gasteiger partial charge in [-0.3, -0.25) is 4.79 Å². The van der Waals surface area contributed by atoms with Gasteiger partial charge in [0.2, 0.25) is 5.91 Å². The zero-order chi connectivity index (χ0) is 18.9. The van der Waals surface area contributed by atoms with E-state index in [0.717, 1.165) is 5.56 Å². The summed E-state index contributed by atoms with van der Waals surface area (Å²) in [6.07, 6.45) is 3.08. The van der Waals surface area contributed by atoms with Crippen molar-refractivity contribution in [1.82, 2.24) is 5.32 Å². The summed E-state index contributed by atoms with van der Waals surface area (Å²) < 4.78 is 34.5. The molecular weight excluding hydrogens is 340 g/mol. The van der Waals surface area contributed by atoms with Gasteiger partial charge in [-0.2, -0.15) is 8.78 Å². The molecule has 0 fully saturated rings. The first kappa shape index (κ1) is 19.4. The molecule has 0 aromatic heterocycles. The molecule has 2 aromatic rings. The molecule has 0 radical (unpaired) electrons. The molecule has 4 nitrogen and oxygen atoms in total. The van der Waals surface area contributed by atoms with E-state index >= 15 is 0 Å². The van der Waals surface area contributed by atoms with Crippen molar-refractivity contribution in [3.63, 3.8) is 0 Å². The molecule has 0 spiro atoms. The number of carbonyl (C=O) groups is 1. The third kappa shape index (κ3) is 5.88. The van der Waals surface area contributed by atoms with Crippen LogP contribution in [0.25, 0.3) is 6.08 Å². The van der Waals surface area contributed by atoms with Crippen LogP contribution in [0.2, 0.25) is 0 Å². The van der Waals surface area contributed by atoms with Gasteiger partial charge in [0.15, 0.2) is 0 Å². The molecule has 0 saturated heterocycles. The van der Waals surface area contributed by atoms with Crippen molar-refractivity contribution in [1.29, 1.82) is 0 Å². The summed E-state index contributed by atoms with van der Waals surface area (Å²) in [6.45, 7) is 1.30. The molecule has 0 heterocycles. The van der Waals surface area contributed by atoms with Crippen molar-refractivity contribution >= 4 is 12.0 Å². The molecular formula is C20H21F2NO3. The van der Waals surface area contributed by atoms with Gasteiger partial charge in [-0.25, -0.2) is 0 Å². The number of alkyl halides is 2. The highest BCUT2D eigenvalue weighted by Gasteiger charge is 2.10. The minimum absolute atomic E-state index is 0.0554. The Labute approximate surface area is 151 Å². The first-order valence-corrected chi connectivity index (χ1v) is 8.24. The number of carbonyl (C=O) groups excluding carboxylic acids is 1. The third-order valence-electron chi connectivity index (χ3n) is 3.58. The molecule has 1 N–H and O–H groups in total. The van der Waals surface area contributed by atoms with E-state index in [0.29, 0.717) is 17.9 Å². The number of rotatable bonds is 8. The fourth-order valence-corrected chi connectivity index (χ4v) is 2.38. The van der Waals surface area contributed by atoms with Crippen molar-refractivity contribution < 1.29 is 23.0 Å². The molecule has 0 aliphatic rings. The average Bonchev–Trinajstić information content (AvgIpc) is 2.61. The van der Waals surface area contributed by atoms with Crippen LogP contribution in [0.4, 0.5) is 8.78 Å². The lowest BCUT2D eigenvalue weighted by molar-refractivity contribution is -0.117. The van der Waals surface area contributed by atoms with Crippen molar-refractivity contribution in [3.8, 4) is 11.5 Å². The van der Waals surface area contributed by atoms with Gasteiger partial charge >= 0.3 is 6.61 Å². The van der Waals surface area contributed by atoms with Crippen LogP contribution in [-0.2, 0) is 4.79 Å². The molecule has 0 aliphatic carbocycles. The second-order valence-corrected chi connectivity index (χ2v) is 5.49. The Bertz CT molecular complexity index is 762. The van der Waals surface area contributed by atoms with E-state index in [1.165, 1.54) is 18.2 Å². The van der Waals surface area contributed by atoms with Crippen LogP contribution in [0.5, 0.6) is 11.5 Å². The topological polar surface area (TPSA) is 47.6 Å². The maximum Gasteiger partial charge on any atom is 0.387 e. The average molecular weight is 361 g/mol. The molecule has 1 unspecified atom stereocenters. The lowest BCUT2D eigenvalue weighted by atomic mass is 10.1. The summed E-state index contributed by atoms with van der Waals surface area (Å²) in [4.78, 5) is 12.1. The molecule has 26 heavy (non-hydrogen) atoms. The van der Waals surface area contributed by atoms with Crippen molar-refractivity contribution in [2.45, 2.75) is 26.5 Å². The normalized spacial score (nSPS) is 12.2. The van der Waals surface area contributed by atoms with Gasteiger partial charge in [0.25, 0.3) is 0 Å². The number of ether oxygens (including phenoxy) is 2. The molecule has 138 valence electrons. The van der Waals surface area contributed by atoms with Crippen molar-refractivity contribution in [2.24, 2.45) is 0 Å². The van der Waals surface area contributed by atoms with Crippen LogP contribution in [0.3, 0.4) is 0 Å². The van der Waals surface area contributed by atoms with Crippen LogP contribution >= 0.6 is 0 Å². The zero-order valence-electron chi connectivity index (χ0n) is 14.6. The standard InChI is InChI=1S/C20H21F2NO3/c1-3-25-18-10-5-4-7-15(18)11-12-19(24)23-14(2)16-8-6-9-17(13-16)26-20(21)22/h4-14,20H,3H2,1-2H3,(H,23,24)/b12-11+. The molecule has 1 amide bonds. The summed E-state index contributed by atoms with van der Waals surface area (Å²) in [5.74, 6) is 0.452. The number of hydrogen-bond donors (Lipinski definition) is 1. The number of nitrogens with one attached hydrogen (secondary N) is 1.